The van der Waals surface area contributed by atoms with Crippen LogP contribution in [0.2, 0.25) is 0 Å². The number of aromatic nitrogens is 1. The van der Waals surface area contributed by atoms with Crippen LogP contribution >= 0.6 is 0 Å². The standard InChI is InChI=1S/C29H31N3O2/c1-19(2)17-30-29(34)27-16-24-15-25(31-28(33)23-11-10-20(3)21(4)14-23)12-13-26(24)32(27)18-22-8-6-5-7-9-22/h5-16,19H,17-18H2,1-4H3,(H,30,34)(H,31,33). The van der Waals surface area contributed by atoms with Crippen LogP contribution in [0.15, 0.2) is 72.8 Å². The van der Waals surface area contributed by atoms with Crippen LogP contribution < -0.4 is 10.6 Å². The van der Waals surface area contributed by atoms with E-state index in [4.69, 9.17) is 0 Å². The molecule has 0 aliphatic carbocycles. The highest BCUT2D eigenvalue weighted by molar-refractivity contribution is 6.06. The van der Waals surface area contributed by atoms with Gasteiger partial charge in [0, 0.05) is 35.2 Å². The molecule has 0 spiro atoms. The molecule has 34 heavy (non-hydrogen) atoms. The molecule has 174 valence electrons. The third kappa shape index (κ3) is 5.20. The van der Waals surface area contributed by atoms with Crippen molar-refractivity contribution in [3.8, 4) is 0 Å². The molecule has 0 saturated heterocycles. The molecule has 3 aromatic carbocycles. The Morgan fingerprint density at radius 2 is 1.62 bits per heavy atom. The van der Waals surface area contributed by atoms with E-state index in [1.165, 1.54) is 0 Å². The van der Waals surface area contributed by atoms with Crippen LogP contribution in [0.4, 0.5) is 5.69 Å². The highest BCUT2D eigenvalue weighted by atomic mass is 16.2. The fourth-order valence-corrected chi connectivity index (χ4v) is 3.95. The molecule has 2 amide bonds. The summed E-state index contributed by atoms with van der Waals surface area (Å²) in [5.41, 5.74) is 6.23. The van der Waals surface area contributed by atoms with Crippen molar-refractivity contribution in [1.29, 1.82) is 0 Å². The molecule has 1 heterocycles. The number of amides is 2. The Morgan fingerprint density at radius 1 is 0.853 bits per heavy atom. The predicted octanol–water partition coefficient (Wildman–Crippen LogP) is 5.94. The Hall–Kier alpha value is -3.86. The van der Waals surface area contributed by atoms with E-state index in [9.17, 15) is 9.59 Å². The van der Waals surface area contributed by atoms with Gasteiger partial charge in [-0.05, 0) is 72.9 Å². The lowest BCUT2D eigenvalue weighted by atomic mass is 10.1. The van der Waals surface area contributed by atoms with Crippen LogP contribution in [0.3, 0.4) is 0 Å². The minimum Gasteiger partial charge on any atom is -0.351 e. The van der Waals surface area contributed by atoms with Crippen molar-refractivity contribution < 1.29 is 9.59 Å². The maximum Gasteiger partial charge on any atom is 0.267 e. The molecule has 1 aromatic heterocycles. The van der Waals surface area contributed by atoms with Gasteiger partial charge in [0.1, 0.15) is 5.69 Å². The third-order valence-corrected chi connectivity index (χ3v) is 6.02. The van der Waals surface area contributed by atoms with Gasteiger partial charge in [-0.1, -0.05) is 50.2 Å². The van der Waals surface area contributed by atoms with Crippen molar-refractivity contribution >= 4 is 28.4 Å². The van der Waals surface area contributed by atoms with Crippen molar-refractivity contribution in [2.45, 2.75) is 34.2 Å². The SMILES string of the molecule is Cc1ccc(C(=O)Nc2ccc3c(c2)cc(C(=O)NCC(C)C)n3Cc2ccccc2)cc1C. The molecule has 2 N–H and O–H groups in total. The number of nitrogens with zero attached hydrogens (tertiary/aromatic N) is 1. The summed E-state index contributed by atoms with van der Waals surface area (Å²) >= 11 is 0. The number of hydrogen-bond acceptors (Lipinski definition) is 2. The number of fused-ring (bicyclic) bond motifs is 1. The van der Waals surface area contributed by atoms with Gasteiger partial charge in [0.05, 0.1) is 0 Å². The van der Waals surface area contributed by atoms with Gasteiger partial charge in [0.2, 0.25) is 0 Å². The molecular weight excluding hydrogens is 422 g/mol. The number of carbonyl (C=O) groups excluding carboxylic acids is 2. The van der Waals surface area contributed by atoms with E-state index >= 15 is 0 Å². The van der Waals surface area contributed by atoms with Crippen LogP contribution in [-0.4, -0.2) is 22.9 Å². The maximum absolute atomic E-state index is 13.0. The van der Waals surface area contributed by atoms with E-state index < -0.39 is 0 Å². The quantitative estimate of drug-likeness (QED) is 0.363. The van der Waals surface area contributed by atoms with Gasteiger partial charge in [-0.2, -0.15) is 0 Å². The van der Waals surface area contributed by atoms with Crippen molar-refractivity contribution in [2.75, 3.05) is 11.9 Å². The van der Waals surface area contributed by atoms with Gasteiger partial charge in [-0.25, -0.2) is 0 Å². The molecule has 0 saturated carbocycles. The second-order valence-electron chi connectivity index (χ2n) is 9.23. The van der Waals surface area contributed by atoms with Gasteiger partial charge in [-0.15, -0.1) is 0 Å². The first kappa shape index (κ1) is 23.3. The van der Waals surface area contributed by atoms with E-state index in [1.54, 1.807) is 0 Å². The van der Waals surface area contributed by atoms with Crippen LogP contribution in [0.5, 0.6) is 0 Å². The molecule has 0 radical (unpaired) electrons. The zero-order valence-electron chi connectivity index (χ0n) is 20.2. The molecule has 5 heteroatoms. The van der Waals surface area contributed by atoms with Gasteiger partial charge in [-0.3, -0.25) is 9.59 Å². The number of hydrogen-bond donors (Lipinski definition) is 2. The highest BCUT2D eigenvalue weighted by Gasteiger charge is 2.17. The fraction of sp³-hybridized carbons (Fsp3) is 0.241. The Bertz CT molecular complexity index is 1340. The van der Waals surface area contributed by atoms with Crippen LogP contribution in [0.25, 0.3) is 10.9 Å². The second kappa shape index (κ2) is 9.96. The zero-order valence-corrected chi connectivity index (χ0v) is 20.2. The third-order valence-electron chi connectivity index (χ3n) is 6.02. The summed E-state index contributed by atoms with van der Waals surface area (Å²) in [5.74, 6) is 0.116. The minimum absolute atomic E-state index is 0.0958. The van der Waals surface area contributed by atoms with Gasteiger partial charge >= 0.3 is 0 Å². The molecule has 4 aromatic rings. The minimum atomic E-state index is -0.152. The normalized spacial score (nSPS) is 11.1. The first-order chi connectivity index (χ1) is 16.3. The summed E-state index contributed by atoms with van der Waals surface area (Å²) < 4.78 is 2.04. The maximum atomic E-state index is 13.0. The molecule has 0 aliphatic heterocycles. The number of aryl methyl sites for hydroxylation is 2. The molecular formula is C29H31N3O2. The Kier molecular flexibility index (Phi) is 6.82. The smallest absolute Gasteiger partial charge is 0.267 e. The van der Waals surface area contributed by atoms with Crippen molar-refractivity contribution in [2.24, 2.45) is 5.92 Å². The molecule has 5 nitrogen and oxygen atoms in total. The number of benzene rings is 3. The second-order valence-corrected chi connectivity index (χ2v) is 9.23. The molecule has 0 aliphatic rings. The molecule has 0 atom stereocenters. The lowest BCUT2D eigenvalue weighted by Crippen LogP contribution is -2.29. The van der Waals surface area contributed by atoms with Crippen molar-refractivity contribution in [1.82, 2.24) is 9.88 Å². The van der Waals surface area contributed by atoms with Gasteiger partial charge in [0.15, 0.2) is 0 Å². The highest BCUT2D eigenvalue weighted by Crippen LogP contribution is 2.25. The number of rotatable bonds is 7. The van der Waals surface area contributed by atoms with Crippen LogP contribution in [0, 0.1) is 19.8 Å². The van der Waals surface area contributed by atoms with Crippen molar-refractivity contribution in [3.05, 3.63) is 101 Å². The average molecular weight is 454 g/mol. The van der Waals surface area contributed by atoms with Crippen LogP contribution in [0.1, 0.15) is 51.4 Å². The summed E-state index contributed by atoms with van der Waals surface area (Å²) in [5, 5.41) is 6.94. The van der Waals surface area contributed by atoms with E-state index in [2.05, 4.69) is 36.6 Å². The molecule has 0 unspecified atom stereocenters. The molecule has 4 rings (SSSR count). The summed E-state index contributed by atoms with van der Waals surface area (Å²) in [7, 11) is 0. The van der Waals surface area contributed by atoms with E-state index in [-0.39, 0.29) is 11.8 Å². The van der Waals surface area contributed by atoms with Gasteiger partial charge in [0.25, 0.3) is 11.8 Å². The van der Waals surface area contributed by atoms with Gasteiger partial charge < -0.3 is 15.2 Å². The lowest BCUT2D eigenvalue weighted by Gasteiger charge is -2.13. The summed E-state index contributed by atoms with van der Waals surface area (Å²) in [4.78, 5) is 25.8. The first-order valence-corrected chi connectivity index (χ1v) is 11.7. The lowest BCUT2D eigenvalue weighted by molar-refractivity contribution is 0.0940. The number of nitrogens with one attached hydrogen (secondary N) is 2. The largest absolute Gasteiger partial charge is 0.351 e. The summed E-state index contributed by atoms with van der Waals surface area (Å²) in [6.07, 6.45) is 0. The number of anilines is 1. The van der Waals surface area contributed by atoms with E-state index in [1.807, 2.05) is 79.1 Å². The Morgan fingerprint density at radius 3 is 2.32 bits per heavy atom. The average Bonchev–Trinajstić information content (AvgIpc) is 3.17. The zero-order chi connectivity index (χ0) is 24.2. The van der Waals surface area contributed by atoms with E-state index in [0.29, 0.717) is 36.0 Å². The predicted molar refractivity (Wildman–Crippen MR) is 139 cm³/mol. The van der Waals surface area contributed by atoms with E-state index in [0.717, 1.165) is 27.6 Å². The van der Waals surface area contributed by atoms with Crippen LogP contribution in [-0.2, 0) is 6.54 Å². The fourth-order valence-electron chi connectivity index (χ4n) is 3.95. The first-order valence-electron chi connectivity index (χ1n) is 11.7. The topological polar surface area (TPSA) is 63.1 Å². The Labute approximate surface area is 200 Å². The Balaban J connectivity index is 1.66. The summed E-state index contributed by atoms with van der Waals surface area (Å²) in [6.45, 7) is 9.38. The molecule has 0 bridgehead atoms. The monoisotopic (exact) mass is 453 g/mol. The molecule has 0 fully saturated rings. The summed E-state index contributed by atoms with van der Waals surface area (Å²) in [6, 6.07) is 23.5. The van der Waals surface area contributed by atoms with Crippen molar-refractivity contribution in [3.63, 3.8) is 0 Å². The number of carbonyl (C=O) groups is 2.